The second-order valence-electron chi connectivity index (χ2n) is 8.38. The minimum absolute atomic E-state index is 0.0166. The van der Waals surface area contributed by atoms with Gasteiger partial charge in [-0.3, -0.25) is 4.79 Å². The molecule has 1 aliphatic heterocycles. The molecule has 0 atom stereocenters. The molecule has 0 aliphatic carbocycles. The van der Waals surface area contributed by atoms with E-state index in [-0.39, 0.29) is 42.0 Å². The van der Waals surface area contributed by atoms with Gasteiger partial charge in [0, 0.05) is 42.6 Å². The number of hydrogen-bond acceptors (Lipinski definition) is 5. The molecule has 1 aliphatic rings. The van der Waals surface area contributed by atoms with Crippen LogP contribution < -0.4 is 5.32 Å². The van der Waals surface area contributed by atoms with Crippen LogP contribution in [0.2, 0.25) is 0 Å². The van der Waals surface area contributed by atoms with Crippen molar-refractivity contribution >= 4 is 27.6 Å². The lowest BCUT2D eigenvalue weighted by Crippen LogP contribution is -2.42. The first-order valence-corrected chi connectivity index (χ1v) is 12.8. The Morgan fingerprint density at radius 3 is 2.33 bits per heavy atom. The largest absolute Gasteiger partial charge is 0.462 e. The topological polar surface area (TPSA) is 97.7 Å². The van der Waals surface area contributed by atoms with Crippen LogP contribution in [0.4, 0.5) is 5.69 Å². The Balaban J connectivity index is 1.80. The Kier molecular flexibility index (Phi) is 7.64. The van der Waals surface area contributed by atoms with Crippen molar-refractivity contribution in [2.75, 3.05) is 25.0 Å². The molecular formula is C24H33N3O5S. The molecular weight excluding hydrogens is 442 g/mol. The number of sulfonamides is 1. The van der Waals surface area contributed by atoms with Crippen LogP contribution in [0, 0.1) is 26.7 Å². The highest BCUT2D eigenvalue weighted by Crippen LogP contribution is 2.32. The second kappa shape index (κ2) is 10.1. The molecule has 1 aromatic carbocycles. The average Bonchev–Trinajstić information content (AvgIpc) is 3.04. The maximum absolute atomic E-state index is 13.6. The molecule has 2 aromatic rings. The van der Waals surface area contributed by atoms with Gasteiger partial charge < -0.3 is 14.6 Å². The van der Waals surface area contributed by atoms with Crippen molar-refractivity contribution in [1.82, 2.24) is 8.87 Å². The number of piperidine rings is 1. The summed E-state index contributed by atoms with van der Waals surface area (Å²) < 4.78 is 35.6. The molecule has 1 N–H and O–H groups in total. The minimum atomic E-state index is -3.93. The van der Waals surface area contributed by atoms with E-state index in [9.17, 15) is 18.0 Å². The number of hydrogen-bond donors (Lipinski definition) is 1. The third-order valence-corrected chi connectivity index (χ3v) is 8.29. The highest BCUT2D eigenvalue weighted by atomic mass is 32.2. The van der Waals surface area contributed by atoms with Crippen LogP contribution in [-0.2, 0) is 26.1 Å². The molecule has 0 spiro atoms. The average molecular weight is 476 g/mol. The molecule has 9 heteroatoms. The van der Waals surface area contributed by atoms with Crippen molar-refractivity contribution in [3.05, 3.63) is 46.8 Å². The van der Waals surface area contributed by atoms with Crippen LogP contribution in [0.25, 0.3) is 0 Å². The zero-order chi connectivity index (χ0) is 24.3. The van der Waals surface area contributed by atoms with E-state index >= 15 is 0 Å². The van der Waals surface area contributed by atoms with Crippen LogP contribution in [0.15, 0.2) is 29.2 Å². The molecule has 0 saturated carbocycles. The highest BCUT2D eigenvalue weighted by Gasteiger charge is 2.38. The van der Waals surface area contributed by atoms with Gasteiger partial charge in [-0.25, -0.2) is 13.2 Å². The molecule has 8 nitrogen and oxygen atoms in total. The molecule has 2 heterocycles. The van der Waals surface area contributed by atoms with Gasteiger partial charge in [0.2, 0.25) is 15.9 Å². The Bertz CT molecular complexity index is 1150. The Morgan fingerprint density at radius 1 is 1.09 bits per heavy atom. The first kappa shape index (κ1) is 25.0. The Hall–Kier alpha value is -2.65. The molecule has 33 heavy (non-hydrogen) atoms. The standard InChI is InChI=1S/C24H33N3O5S/c1-6-27-17(4)21(24(29)32-7-2)22(18(27)5)33(30,31)26-13-11-19(12-14-26)23(28)25-20-10-8-9-16(3)15-20/h8-10,15,19H,6-7,11-14H2,1-5H3,(H,25,28). The third-order valence-electron chi connectivity index (χ3n) is 6.23. The molecule has 1 amide bonds. The molecule has 3 rings (SSSR count). The number of anilines is 1. The van der Waals surface area contributed by atoms with E-state index in [1.807, 2.05) is 42.7 Å². The second-order valence-corrected chi connectivity index (χ2v) is 10.3. The zero-order valence-electron chi connectivity index (χ0n) is 20.0. The van der Waals surface area contributed by atoms with Crippen LogP contribution in [0.1, 0.15) is 54.0 Å². The predicted molar refractivity (Wildman–Crippen MR) is 127 cm³/mol. The fourth-order valence-corrected chi connectivity index (χ4v) is 6.46. The van der Waals surface area contributed by atoms with Crippen LogP contribution in [0.5, 0.6) is 0 Å². The zero-order valence-corrected chi connectivity index (χ0v) is 20.8. The number of carbonyl (C=O) groups is 2. The highest BCUT2D eigenvalue weighted by molar-refractivity contribution is 7.89. The van der Waals surface area contributed by atoms with Crippen molar-refractivity contribution in [3.8, 4) is 0 Å². The van der Waals surface area contributed by atoms with Gasteiger partial charge >= 0.3 is 5.97 Å². The monoisotopic (exact) mass is 475 g/mol. The number of benzene rings is 1. The molecule has 1 aromatic heterocycles. The predicted octanol–water partition coefficient (Wildman–Crippen LogP) is 3.65. The van der Waals surface area contributed by atoms with Crippen LogP contribution >= 0.6 is 0 Å². The van der Waals surface area contributed by atoms with Crippen molar-refractivity contribution in [3.63, 3.8) is 0 Å². The van der Waals surface area contributed by atoms with Gasteiger partial charge in [0.25, 0.3) is 0 Å². The first-order valence-electron chi connectivity index (χ1n) is 11.4. The van der Waals surface area contributed by atoms with Gasteiger partial charge in [-0.1, -0.05) is 12.1 Å². The number of esters is 1. The van der Waals surface area contributed by atoms with Gasteiger partial charge in [-0.05, 0) is 65.2 Å². The molecule has 0 unspecified atom stereocenters. The molecule has 1 saturated heterocycles. The summed E-state index contributed by atoms with van der Waals surface area (Å²) in [6, 6.07) is 7.58. The molecule has 0 radical (unpaired) electrons. The number of carbonyl (C=O) groups excluding carboxylic acids is 2. The van der Waals surface area contributed by atoms with E-state index in [1.54, 1.807) is 20.8 Å². The summed E-state index contributed by atoms with van der Waals surface area (Å²) in [5.41, 5.74) is 3.00. The number of rotatable bonds is 7. The molecule has 0 bridgehead atoms. The lowest BCUT2D eigenvalue weighted by atomic mass is 9.97. The summed E-state index contributed by atoms with van der Waals surface area (Å²) in [6.45, 7) is 10.1. The van der Waals surface area contributed by atoms with Gasteiger partial charge in [-0.15, -0.1) is 0 Å². The maximum Gasteiger partial charge on any atom is 0.341 e. The lowest BCUT2D eigenvalue weighted by Gasteiger charge is -2.30. The van der Waals surface area contributed by atoms with Gasteiger partial charge in [-0.2, -0.15) is 4.31 Å². The van der Waals surface area contributed by atoms with Gasteiger partial charge in [0.05, 0.1) is 6.61 Å². The minimum Gasteiger partial charge on any atom is -0.462 e. The summed E-state index contributed by atoms with van der Waals surface area (Å²) in [4.78, 5) is 25.4. The van der Waals surface area contributed by atoms with E-state index in [2.05, 4.69) is 5.32 Å². The SMILES string of the molecule is CCOC(=O)c1c(S(=O)(=O)N2CCC(C(=O)Nc3cccc(C)c3)CC2)c(C)n(CC)c1C. The fourth-order valence-electron chi connectivity index (χ4n) is 4.54. The lowest BCUT2D eigenvalue weighted by molar-refractivity contribution is -0.120. The van der Waals surface area contributed by atoms with E-state index in [0.29, 0.717) is 30.8 Å². The summed E-state index contributed by atoms with van der Waals surface area (Å²) in [7, 11) is -3.93. The van der Waals surface area contributed by atoms with Gasteiger partial charge in [0.15, 0.2) is 0 Å². The number of aromatic nitrogens is 1. The van der Waals surface area contributed by atoms with E-state index < -0.39 is 16.0 Å². The number of aryl methyl sites for hydroxylation is 1. The summed E-state index contributed by atoms with van der Waals surface area (Å²) in [5, 5.41) is 2.93. The van der Waals surface area contributed by atoms with E-state index in [4.69, 9.17) is 4.74 Å². The Morgan fingerprint density at radius 2 is 1.76 bits per heavy atom. The number of amides is 1. The van der Waals surface area contributed by atoms with Crippen molar-refractivity contribution in [1.29, 1.82) is 0 Å². The van der Waals surface area contributed by atoms with Crippen molar-refractivity contribution < 1.29 is 22.7 Å². The van der Waals surface area contributed by atoms with Crippen molar-refractivity contribution in [2.45, 2.75) is 58.9 Å². The molecule has 180 valence electrons. The van der Waals surface area contributed by atoms with Crippen LogP contribution in [-0.4, -0.2) is 48.9 Å². The fraction of sp³-hybridized carbons (Fsp3) is 0.500. The summed E-state index contributed by atoms with van der Waals surface area (Å²) >= 11 is 0. The number of ether oxygens (including phenoxy) is 1. The van der Waals surface area contributed by atoms with E-state index in [0.717, 1.165) is 11.3 Å². The van der Waals surface area contributed by atoms with Crippen molar-refractivity contribution in [2.24, 2.45) is 5.92 Å². The van der Waals surface area contributed by atoms with Crippen LogP contribution in [0.3, 0.4) is 0 Å². The van der Waals surface area contributed by atoms with Gasteiger partial charge in [0.1, 0.15) is 10.5 Å². The Labute approximate surface area is 196 Å². The molecule has 1 fully saturated rings. The first-order chi connectivity index (χ1) is 15.6. The normalized spacial score (nSPS) is 15.4. The third kappa shape index (κ3) is 4.99. The quantitative estimate of drug-likeness (QED) is 0.617. The number of nitrogens with zero attached hydrogens (tertiary/aromatic N) is 2. The maximum atomic E-state index is 13.6. The van der Waals surface area contributed by atoms with E-state index in [1.165, 1.54) is 4.31 Å². The number of nitrogens with one attached hydrogen (secondary N) is 1. The summed E-state index contributed by atoms with van der Waals surface area (Å²) in [5.74, 6) is -1.00. The summed E-state index contributed by atoms with van der Waals surface area (Å²) in [6.07, 6.45) is 0.830. The smallest absolute Gasteiger partial charge is 0.341 e.